The van der Waals surface area contributed by atoms with Gasteiger partial charge in [0.1, 0.15) is 0 Å². The Balaban J connectivity index is 2.33. The van der Waals surface area contributed by atoms with Gasteiger partial charge in [-0.1, -0.05) is 20.3 Å². The van der Waals surface area contributed by atoms with Crippen LogP contribution in [0.2, 0.25) is 0 Å². The van der Waals surface area contributed by atoms with Crippen molar-refractivity contribution < 1.29 is 0 Å². The highest BCUT2D eigenvalue weighted by molar-refractivity contribution is 5.29. The van der Waals surface area contributed by atoms with E-state index < -0.39 is 0 Å². The molecule has 0 atom stereocenters. The normalized spacial score (nSPS) is 15.2. The van der Waals surface area contributed by atoms with Gasteiger partial charge in [0.15, 0.2) is 0 Å². The van der Waals surface area contributed by atoms with E-state index in [0.717, 1.165) is 57.4 Å². The van der Waals surface area contributed by atoms with E-state index in [9.17, 15) is 4.79 Å². The molecule has 0 saturated heterocycles. The van der Waals surface area contributed by atoms with Gasteiger partial charge in [0, 0.05) is 43.9 Å². The molecule has 0 fully saturated rings. The molecule has 1 aromatic heterocycles. The van der Waals surface area contributed by atoms with Crippen LogP contribution in [0.25, 0.3) is 0 Å². The van der Waals surface area contributed by atoms with Gasteiger partial charge in [0.05, 0.1) is 0 Å². The Bertz CT molecular complexity index is 522. The van der Waals surface area contributed by atoms with Gasteiger partial charge in [0.2, 0.25) is 0 Å². The summed E-state index contributed by atoms with van der Waals surface area (Å²) in [4.78, 5) is 15.1. The third-order valence-electron chi connectivity index (χ3n) is 4.21. The molecule has 1 aliphatic rings. The summed E-state index contributed by atoms with van der Waals surface area (Å²) in [5, 5.41) is 3.37. The lowest BCUT2D eigenvalue weighted by Gasteiger charge is -2.28. The number of nitrogens with zero attached hydrogens (tertiary/aromatic N) is 2. The van der Waals surface area contributed by atoms with Crippen molar-refractivity contribution in [1.82, 2.24) is 14.8 Å². The molecule has 4 nitrogen and oxygen atoms in total. The third-order valence-corrected chi connectivity index (χ3v) is 4.21. The Kier molecular flexibility index (Phi) is 6.00. The number of unbranched alkanes of at least 4 members (excludes halogenated alkanes) is 1. The summed E-state index contributed by atoms with van der Waals surface area (Å²) < 4.78 is 2.05. The highest BCUT2D eigenvalue weighted by Gasteiger charge is 2.19. The molecular weight excluding hydrogens is 262 g/mol. The fourth-order valence-corrected chi connectivity index (χ4v) is 3.00. The lowest BCUT2D eigenvalue weighted by atomic mass is 10.0. The number of fused-ring (bicyclic) bond motifs is 1. The van der Waals surface area contributed by atoms with Gasteiger partial charge in [-0.2, -0.15) is 0 Å². The van der Waals surface area contributed by atoms with Crippen molar-refractivity contribution in [3.63, 3.8) is 0 Å². The van der Waals surface area contributed by atoms with Gasteiger partial charge in [-0.25, -0.2) is 0 Å². The Labute approximate surface area is 128 Å². The van der Waals surface area contributed by atoms with Gasteiger partial charge >= 0.3 is 0 Å². The fraction of sp³-hybridized carbons (Fsp3) is 0.706. The summed E-state index contributed by atoms with van der Waals surface area (Å²) in [6.45, 7) is 8.85. The topological polar surface area (TPSA) is 37.3 Å². The van der Waals surface area contributed by atoms with Crippen LogP contribution in [-0.2, 0) is 26.1 Å². The van der Waals surface area contributed by atoms with E-state index in [1.165, 1.54) is 11.3 Å². The van der Waals surface area contributed by atoms with Gasteiger partial charge in [-0.05, 0) is 38.1 Å². The molecule has 0 saturated carbocycles. The molecule has 21 heavy (non-hydrogen) atoms. The lowest BCUT2D eigenvalue weighted by Crippen LogP contribution is -2.36. The van der Waals surface area contributed by atoms with Crippen LogP contribution in [0.1, 0.15) is 49.9 Å². The zero-order valence-corrected chi connectivity index (χ0v) is 13.7. The Morgan fingerprint density at radius 2 is 2.10 bits per heavy atom. The Morgan fingerprint density at radius 3 is 2.81 bits per heavy atom. The van der Waals surface area contributed by atoms with Crippen molar-refractivity contribution >= 4 is 0 Å². The highest BCUT2D eigenvalue weighted by Crippen LogP contribution is 2.18. The standard InChI is InChI=1S/C17H29N3O/c1-4-6-9-20-16-7-10-19(3)13-15(16)11-14(17(20)21)12-18-8-5-2/h11,18H,4-10,12-13H2,1-3H3. The SMILES string of the molecule is CCCCn1c2c(cc(CNCCC)c1=O)CN(C)CC2. The second-order valence-electron chi connectivity index (χ2n) is 6.12. The smallest absolute Gasteiger partial charge is 0.255 e. The predicted molar refractivity (Wildman–Crippen MR) is 87.6 cm³/mol. The minimum Gasteiger partial charge on any atom is -0.312 e. The summed E-state index contributed by atoms with van der Waals surface area (Å²) in [6, 6.07) is 2.14. The number of hydrogen-bond acceptors (Lipinski definition) is 3. The van der Waals surface area contributed by atoms with Crippen LogP contribution >= 0.6 is 0 Å². The summed E-state index contributed by atoms with van der Waals surface area (Å²) >= 11 is 0. The van der Waals surface area contributed by atoms with Gasteiger partial charge in [-0.3, -0.25) is 4.79 Å². The maximum Gasteiger partial charge on any atom is 0.255 e. The number of rotatable bonds is 7. The van der Waals surface area contributed by atoms with Crippen molar-refractivity contribution in [2.24, 2.45) is 0 Å². The molecular formula is C17H29N3O. The lowest BCUT2D eigenvalue weighted by molar-refractivity contribution is 0.303. The largest absolute Gasteiger partial charge is 0.312 e. The fourth-order valence-electron chi connectivity index (χ4n) is 3.00. The number of pyridine rings is 1. The minimum atomic E-state index is 0.218. The van der Waals surface area contributed by atoms with E-state index in [4.69, 9.17) is 0 Å². The first-order chi connectivity index (χ1) is 10.2. The van der Waals surface area contributed by atoms with E-state index in [1.807, 2.05) is 0 Å². The monoisotopic (exact) mass is 291 g/mol. The number of hydrogen-bond donors (Lipinski definition) is 1. The summed E-state index contributed by atoms with van der Waals surface area (Å²) in [5.74, 6) is 0. The van der Waals surface area contributed by atoms with Crippen molar-refractivity contribution in [2.75, 3.05) is 20.1 Å². The first-order valence-corrected chi connectivity index (χ1v) is 8.31. The zero-order chi connectivity index (χ0) is 15.2. The van der Waals surface area contributed by atoms with Crippen LogP contribution in [0, 0.1) is 0 Å². The molecule has 0 aromatic carbocycles. The van der Waals surface area contributed by atoms with Crippen LogP contribution in [0.15, 0.2) is 10.9 Å². The van der Waals surface area contributed by atoms with Crippen LogP contribution in [0.5, 0.6) is 0 Å². The molecule has 4 heteroatoms. The van der Waals surface area contributed by atoms with E-state index in [1.54, 1.807) is 0 Å². The van der Waals surface area contributed by atoms with Crippen LogP contribution in [-0.4, -0.2) is 29.6 Å². The van der Waals surface area contributed by atoms with Crippen LogP contribution < -0.4 is 10.9 Å². The van der Waals surface area contributed by atoms with Crippen molar-refractivity contribution in [2.45, 2.75) is 59.2 Å². The molecule has 2 rings (SSSR count). The average Bonchev–Trinajstić information content (AvgIpc) is 2.47. The van der Waals surface area contributed by atoms with E-state index in [-0.39, 0.29) is 5.56 Å². The molecule has 0 amide bonds. The van der Waals surface area contributed by atoms with E-state index >= 15 is 0 Å². The highest BCUT2D eigenvalue weighted by atomic mass is 16.1. The molecule has 0 aliphatic carbocycles. The third kappa shape index (κ3) is 3.95. The van der Waals surface area contributed by atoms with Crippen molar-refractivity contribution in [3.05, 3.63) is 33.2 Å². The maximum atomic E-state index is 12.7. The number of aromatic nitrogens is 1. The average molecular weight is 291 g/mol. The molecule has 2 heterocycles. The molecule has 0 unspecified atom stereocenters. The molecule has 1 N–H and O–H groups in total. The number of nitrogens with one attached hydrogen (secondary N) is 1. The Morgan fingerprint density at radius 1 is 1.29 bits per heavy atom. The molecule has 1 aromatic rings. The maximum absolute atomic E-state index is 12.7. The first-order valence-electron chi connectivity index (χ1n) is 8.31. The van der Waals surface area contributed by atoms with Gasteiger partial charge in [0.25, 0.3) is 5.56 Å². The second-order valence-corrected chi connectivity index (χ2v) is 6.12. The number of likely N-dealkylation sites (N-methyl/N-ethyl adjacent to an activating group) is 1. The predicted octanol–water partition coefficient (Wildman–Crippen LogP) is 2.14. The van der Waals surface area contributed by atoms with Gasteiger partial charge < -0.3 is 14.8 Å². The minimum absolute atomic E-state index is 0.218. The Hall–Kier alpha value is -1.13. The van der Waals surface area contributed by atoms with E-state index in [0.29, 0.717) is 6.54 Å². The van der Waals surface area contributed by atoms with Crippen LogP contribution in [0.3, 0.4) is 0 Å². The molecule has 0 radical (unpaired) electrons. The van der Waals surface area contributed by atoms with Gasteiger partial charge in [-0.15, -0.1) is 0 Å². The second kappa shape index (κ2) is 7.76. The summed E-state index contributed by atoms with van der Waals surface area (Å²) in [5.41, 5.74) is 3.75. The van der Waals surface area contributed by atoms with E-state index in [2.05, 4.69) is 41.7 Å². The summed E-state index contributed by atoms with van der Waals surface area (Å²) in [6.07, 6.45) is 4.29. The van der Waals surface area contributed by atoms with Crippen molar-refractivity contribution in [3.8, 4) is 0 Å². The first kappa shape index (κ1) is 16.2. The quantitative estimate of drug-likeness (QED) is 0.782. The molecule has 0 bridgehead atoms. The molecule has 118 valence electrons. The zero-order valence-electron chi connectivity index (χ0n) is 13.7. The molecule has 0 spiro atoms. The molecule has 1 aliphatic heterocycles. The van der Waals surface area contributed by atoms with Crippen LogP contribution in [0.4, 0.5) is 0 Å². The summed E-state index contributed by atoms with van der Waals surface area (Å²) in [7, 11) is 2.15. The van der Waals surface area contributed by atoms with Crippen molar-refractivity contribution in [1.29, 1.82) is 0 Å².